The highest BCUT2D eigenvalue weighted by Crippen LogP contribution is 2.24. The topological polar surface area (TPSA) is 57.6 Å². The van der Waals surface area contributed by atoms with E-state index in [0.717, 1.165) is 6.42 Å². The highest BCUT2D eigenvalue weighted by Gasteiger charge is 2.31. The molecule has 1 amide bonds. The zero-order valence-electron chi connectivity index (χ0n) is 10.7. The highest BCUT2D eigenvalue weighted by atomic mass is 19.1. The lowest BCUT2D eigenvalue weighted by Gasteiger charge is -2.24. The molecule has 0 bridgehead atoms. The summed E-state index contributed by atoms with van der Waals surface area (Å²) in [4.78, 5) is 24.7. The lowest BCUT2D eigenvalue weighted by Crippen LogP contribution is -2.37. The monoisotopic (exact) mass is 265 g/mol. The van der Waals surface area contributed by atoms with Gasteiger partial charge in [-0.2, -0.15) is 0 Å². The molecule has 0 saturated carbocycles. The Labute approximate surface area is 110 Å². The van der Waals surface area contributed by atoms with Crippen LogP contribution in [0.15, 0.2) is 18.2 Å². The van der Waals surface area contributed by atoms with Crippen molar-refractivity contribution in [2.24, 2.45) is 0 Å². The molecule has 1 N–H and O–H groups in total. The largest absolute Gasteiger partial charge is 0.481 e. The predicted octanol–water partition coefficient (Wildman–Crippen LogP) is 2.21. The minimum atomic E-state index is -0.916. The Hall–Kier alpha value is -1.91. The first-order chi connectivity index (χ1) is 8.99. The van der Waals surface area contributed by atoms with E-state index >= 15 is 0 Å². The van der Waals surface area contributed by atoms with Crippen molar-refractivity contribution < 1.29 is 19.1 Å². The van der Waals surface area contributed by atoms with Gasteiger partial charge >= 0.3 is 5.97 Å². The molecule has 19 heavy (non-hydrogen) atoms. The van der Waals surface area contributed by atoms with Crippen molar-refractivity contribution in [1.29, 1.82) is 0 Å². The fourth-order valence-corrected chi connectivity index (χ4v) is 2.50. The maximum absolute atomic E-state index is 13.2. The predicted molar refractivity (Wildman–Crippen MR) is 67.4 cm³/mol. The van der Waals surface area contributed by atoms with Gasteiger partial charge in [0.15, 0.2) is 0 Å². The molecular weight excluding hydrogens is 249 g/mol. The number of amides is 1. The lowest BCUT2D eigenvalue weighted by atomic mass is 10.1. The van der Waals surface area contributed by atoms with Crippen molar-refractivity contribution in [2.75, 3.05) is 6.54 Å². The molecule has 2 rings (SSSR count). The highest BCUT2D eigenvalue weighted by molar-refractivity contribution is 5.96. The number of rotatable bonds is 3. The summed E-state index contributed by atoms with van der Waals surface area (Å²) in [6, 6.07) is 3.80. The summed E-state index contributed by atoms with van der Waals surface area (Å²) in [6.45, 7) is 2.28. The van der Waals surface area contributed by atoms with Gasteiger partial charge < -0.3 is 10.0 Å². The van der Waals surface area contributed by atoms with Gasteiger partial charge in [0.1, 0.15) is 5.82 Å². The summed E-state index contributed by atoms with van der Waals surface area (Å²) >= 11 is 0. The number of carboxylic acids is 1. The van der Waals surface area contributed by atoms with Crippen LogP contribution in [0.4, 0.5) is 4.39 Å². The van der Waals surface area contributed by atoms with Crippen LogP contribution in [0, 0.1) is 12.7 Å². The van der Waals surface area contributed by atoms with E-state index in [4.69, 9.17) is 5.11 Å². The number of aryl methyl sites for hydroxylation is 1. The number of likely N-dealkylation sites (tertiary alicyclic amines) is 1. The molecule has 102 valence electrons. The zero-order chi connectivity index (χ0) is 14.0. The molecule has 1 aliphatic heterocycles. The first-order valence-electron chi connectivity index (χ1n) is 6.28. The summed E-state index contributed by atoms with van der Waals surface area (Å²) in [5.41, 5.74) is 1.02. The zero-order valence-corrected chi connectivity index (χ0v) is 10.7. The van der Waals surface area contributed by atoms with Crippen molar-refractivity contribution >= 4 is 11.9 Å². The molecule has 5 heteroatoms. The van der Waals surface area contributed by atoms with E-state index in [1.165, 1.54) is 12.1 Å². The average molecular weight is 265 g/mol. The van der Waals surface area contributed by atoms with Gasteiger partial charge in [-0.15, -0.1) is 0 Å². The van der Waals surface area contributed by atoms with Crippen LogP contribution in [-0.2, 0) is 4.79 Å². The summed E-state index contributed by atoms with van der Waals surface area (Å²) in [5.74, 6) is -1.65. The smallest absolute Gasteiger partial charge is 0.305 e. The van der Waals surface area contributed by atoms with Gasteiger partial charge in [0.25, 0.3) is 5.91 Å². The first-order valence-corrected chi connectivity index (χ1v) is 6.28. The van der Waals surface area contributed by atoms with Crippen LogP contribution in [0.25, 0.3) is 0 Å². The molecule has 1 aromatic carbocycles. The van der Waals surface area contributed by atoms with Crippen molar-refractivity contribution in [3.63, 3.8) is 0 Å². The van der Waals surface area contributed by atoms with Gasteiger partial charge in [-0.1, -0.05) is 6.07 Å². The Morgan fingerprint density at radius 3 is 2.89 bits per heavy atom. The second-order valence-corrected chi connectivity index (χ2v) is 4.85. The van der Waals surface area contributed by atoms with E-state index in [9.17, 15) is 14.0 Å². The van der Waals surface area contributed by atoms with Gasteiger partial charge in [-0.3, -0.25) is 9.59 Å². The minimum absolute atomic E-state index is 0.0555. The van der Waals surface area contributed by atoms with Crippen LogP contribution in [0.5, 0.6) is 0 Å². The number of nitrogens with zero attached hydrogens (tertiary/aromatic N) is 1. The second-order valence-electron chi connectivity index (χ2n) is 4.85. The normalized spacial score (nSPS) is 18.6. The third-order valence-corrected chi connectivity index (χ3v) is 3.48. The minimum Gasteiger partial charge on any atom is -0.481 e. The molecule has 4 nitrogen and oxygen atoms in total. The molecule has 1 unspecified atom stereocenters. The van der Waals surface area contributed by atoms with Crippen LogP contribution in [-0.4, -0.2) is 34.5 Å². The molecule has 0 aromatic heterocycles. The van der Waals surface area contributed by atoms with Crippen molar-refractivity contribution in [2.45, 2.75) is 32.2 Å². The van der Waals surface area contributed by atoms with E-state index < -0.39 is 11.8 Å². The number of hydrogen-bond acceptors (Lipinski definition) is 2. The Kier molecular flexibility index (Phi) is 3.83. The van der Waals surface area contributed by atoms with Gasteiger partial charge in [0.05, 0.1) is 6.42 Å². The third kappa shape index (κ3) is 2.92. The number of carbonyl (C=O) groups is 2. The number of carboxylic acid groups (broad SMARTS) is 1. The van der Waals surface area contributed by atoms with Crippen molar-refractivity contribution in [1.82, 2.24) is 4.90 Å². The SMILES string of the molecule is Cc1ccc(F)cc1C(=O)N1CCCC1CC(=O)O. The molecule has 0 aliphatic carbocycles. The summed E-state index contributed by atoms with van der Waals surface area (Å²) in [7, 11) is 0. The first kappa shape index (κ1) is 13.5. The van der Waals surface area contributed by atoms with E-state index in [1.54, 1.807) is 17.9 Å². The fourth-order valence-electron chi connectivity index (χ4n) is 2.50. The Bertz CT molecular complexity index is 515. The van der Waals surface area contributed by atoms with E-state index in [2.05, 4.69) is 0 Å². The number of carbonyl (C=O) groups excluding carboxylic acids is 1. The van der Waals surface area contributed by atoms with E-state index in [0.29, 0.717) is 24.1 Å². The molecule has 1 atom stereocenters. The Morgan fingerprint density at radius 1 is 1.47 bits per heavy atom. The van der Waals surface area contributed by atoms with Crippen LogP contribution >= 0.6 is 0 Å². The third-order valence-electron chi connectivity index (χ3n) is 3.48. The Morgan fingerprint density at radius 2 is 2.21 bits per heavy atom. The van der Waals surface area contributed by atoms with Gasteiger partial charge in [0.2, 0.25) is 0 Å². The lowest BCUT2D eigenvalue weighted by molar-refractivity contribution is -0.137. The number of benzene rings is 1. The molecule has 1 aliphatic rings. The van der Waals surface area contributed by atoms with Gasteiger partial charge in [-0.05, 0) is 37.5 Å². The van der Waals surface area contributed by atoms with Crippen LogP contribution in [0.3, 0.4) is 0 Å². The molecule has 1 saturated heterocycles. The molecule has 0 spiro atoms. The average Bonchev–Trinajstić information content (AvgIpc) is 2.78. The van der Waals surface area contributed by atoms with Crippen LogP contribution in [0.1, 0.15) is 35.2 Å². The Balaban J connectivity index is 2.23. The standard InChI is InChI=1S/C14H16FNO3/c1-9-4-5-10(15)7-12(9)14(19)16-6-2-3-11(16)8-13(17)18/h4-5,7,11H,2-3,6,8H2,1H3,(H,17,18). The molecule has 1 fully saturated rings. The molecule has 1 aromatic rings. The van der Waals surface area contributed by atoms with E-state index in [1.807, 2.05) is 0 Å². The maximum Gasteiger partial charge on any atom is 0.305 e. The molecule has 0 radical (unpaired) electrons. The molecular formula is C14H16FNO3. The number of aliphatic carboxylic acids is 1. The molecule has 1 heterocycles. The summed E-state index contributed by atoms with van der Waals surface area (Å²) in [6.07, 6.45) is 1.42. The van der Waals surface area contributed by atoms with Gasteiger partial charge in [0, 0.05) is 18.2 Å². The number of halogens is 1. The summed E-state index contributed by atoms with van der Waals surface area (Å²) in [5, 5.41) is 8.84. The van der Waals surface area contributed by atoms with Crippen LogP contribution in [0.2, 0.25) is 0 Å². The van der Waals surface area contributed by atoms with E-state index in [-0.39, 0.29) is 18.4 Å². The fraction of sp³-hybridized carbons (Fsp3) is 0.429. The number of hydrogen-bond donors (Lipinski definition) is 1. The second kappa shape index (κ2) is 5.38. The van der Waals surface area contributed by atoms with Crippen molar-refractivity contribution in [3.8, 4) is 0 Å². The van der Waals surface area contributed by atoms with Crippen molar-refractivity contribution in [3.05, 3.63) is 35.1 Å². The maximum atomic E-state index is 13.2. The van der Waals surface area contributed by atoms with Crippen LogP contribution < -0.4 is 0 Å². The quantitative estimate of drug-likeness (QED) is 0.911. The van der Waals surface area contributed by atoms with Gasteiger partial charge in [-0.25, -0.2) is 4.39 Å². The summed E-state index contributed by atoms with van der Waals surface area (Å²) < 4.78 is 13.2.